The molecule has 0 unspecified atom stereocenters. The molecule has 0 atom stereocenters. The third-order valence-corrected chi connectivity index (χ3v) is 3.27. The van der Waals surface area contributed by atoms with E-state index in [0.29, 0.717) is 11.3 Å². The van der Waals surface area contributed by atoms with Crippen LogP contribution in [0, 0.1) is 0 Å². The highest BCUT2D eigenvalue weighted by molar-refractivity contribution is 6.09. The van der Waals surface area contributed by atoms with Crippen LogP contribution in [0.25, 0.3) is 22.2 Å². The van der Waals surface area contributed by atoms with Gasteiger partial charge in [0, 0.05) is 35.9 Å². The molecule has 0 aliphatic carbocycles. The normalized spacial score (nSPS) is 10.8. The first kappa shape index (κ1) is 11.5. The van der Waals surface area contributed by atoms with Gasteiger partial charge in [-0.15, -0.1) is 0 Å². The fourth-order valence-electron chi connectivity index (χ4n) is 2.46. The number of fused-ring (bicyclic) bond motifs is 1. The molecule has 4 heteroatoms. The topological polar surface area (TPSA) is 55.1 Å². The molecule has 0 aliphatic rings. The number of nitrogens with zero attached hydrogens (tertiary/aromatic N) is 2. The van der Waals surface area contributed by atoms with E-state index in [2.05, 4.69) is 4.98 Å². The van der Waals surface area contributed by atoms with Crippen LogP contribution >= 0.6 is 0 Å². The van der Waals surface area contributed by atoms with Crippen molar-refractivity contribution in [2.45, 2.75) is 0 Å². The molecule has 0 fully saturated rings. The smallest absolute Gasteiger partial charge is 0.338 e. The minimum absolute atomic E-state index is 0.337. The van der Waals surface area contributed by atoms with Crippen molar-refractivity contribution in [1.29, 1.82) is 0 Å². The molecule has 0 bridgehead atoms. The number of hydrogen-bond acceptors (Lipinski definition) is 2. The van der Waals surface area contributed by atoms with E-state index in [9.17, 15) is 9.90 Å². The van der Waals surface area contributed by atoms with E-state index in [1.807, 2.05) is 48.0 Å². The zero-order valence-corrected chi connectivity index (χ0v) is 10.4. The number of aromatic carboxylic acids is 1. The van der Waals surface area contributed by atoms with E-state index in [0.717, 1.165) is 16.5 Å². The SMILES string of the molecule is Cn1c(-c2ccncc2)c(C(=O)O)c2ccccc21. The van der Waals surface area contributed by atoms with Gasteiger partial charge in [-0.25, -0.2) is 4.79 Å². The summed E-state index contributed by atoms with van der Waals surface area (Å²) in [5, 5.41) is 10.3. The van der Waals surface area contributed by atoms with Crippen LogP contribution < -0.4 is 0 Å². The second-order valence-corrected chi connectivity index (χ2v) is 4.34. The molecule has 1 aromatic carbocycles. The molecule has 1 N–H and O–H groups in total. The number of carboxylic acid groups (broad SMARTS) is 1. The monoisotopic (exact) mass is 252 g/mol. The highest BCUT2D eigenvalue weighted by Crippen LogP contribution is 2.32. The van der Waals surface area contributed by atoms with Gasteiger partial charge in [0.05, 0.1) is 11.3 Å². The number of carboxylic acids is 1. The summed E-state index contributed by atoms with van der Waals surface area (Å²) in [6.45, 7) is 0. The molecule has 0 spiro atoms. The van der Waals surface area contributed by atoms with Crippen LogP contribution in [0.15, 0.2) is 48.8 Å². The Morgan fingerprint density at radius 2 is 1.84 bits per heavy atom. The molecule has 94 valence electrons. The van der Waals surface area contributed by atoms with Crippen LogP contribution in [0.5, 0.6) is 0 Å². The third-order valence-electron chi connectivity index (χ3n) is 3.27. The Balaban J connectivity index is 2.44. The van der Waals surface area contributed by atoms with Gasteiger partial charge in [0.1, 0.15) is 0 Å². The van der Waals surface area contributed by atoms with E-state index in [-0.39, 0.29) is 0 Å². The Morgan fingerprint density at radius 3 is 2.53 bits per heavy atom. The molecule has 19 heavy (non-hydrogen) atoms. The van der Waals surface area contributed by atoms with Crippen molar-refractivity contribution in [3.8, 4) is 11.3 Å². The lowest BCUT2D eigenvalue weighted by Crippen LogP contribution is -2.00. The number of hydrogen-bond donors (Lipinski definition) is 1. The van der Waals surface area contributed by atoms with Crippen LogP contribution in [-0.4, -0.2) is 20.6 Å². The fourth-order valence-corrected chi connectivity index (χ4v) is 2.46. The van der Waals surface area contributed by atoms with E-state index in [1.165, 1.54) is 0 Å². The second kappa shape index (κ2) is 4.24. The molecule has 3 rings (SSSR count). The lowest BCUT2D eigenvalue weighted by Gasteiger charge is -2.05. The summed E-state index contributed by atoms with van der Waals surface area (Å²) in [6.07, 6.45) is 3.33. The van der Waals surface area contributed by atoms with E-state index in [4.69, 9.17) is 0 Å². The lowest BCUT2D eigenvalue weighted by atomic mass is 10.1. The third kappa shape index (κ3) is 1.69. The van der Waals surface area contributed by atoms with Gasteiger partial charge in [-0.3, -0.25) is 4.98 Å². The van der Waals surface area contributed by atoms with Crippen LogP contribution in [-0.2, 0) is 7.05 Å². The molecule has 4 nitrogen and oxygen atoms in total. The molecular weight excluding hydrogens is 240 g/mol. The van der Waals surface area contributed by atoms with E-state index < -0.39 is 5.97 Å². The summed E-state index contributed by atoms with van der Waals surface area (Å²) in [6, 6.07) is 11.2. The average Bonchev–Trinajstić information content (AvgIpc) is 2.74. The highest BCUT2D eigenvalue weighted by atomic mass is 16.4. The summed E-state index contributed by atoms with van der Waals surface area (Å²) < 4.78 is 1.91. The maximum atomic E-state index is 11.6. The minimum atomic E-state index is -0.913. The molecule has 0 saturated heterocycles. The molecule has 0 saturated carbocycles. The number of aryl methyl sites for hydroxylation is 1. The maximum absolute atomic E-state index is 11.6. The number of para-hydroxylation sites is 1. The zero-order chi connectivity index (χ0) is 13.4. The fraction of sp³-hybridized carbons (Fsp3) is 0.0667. The van der Waals surface area contributed by atoms with Crippen molar-refractivity contribution in [2.75, 3.05) is 0 Å². The maximum Gasteiger partial charge on any atom is 0.338 e. The summed E-state index contributed by atoms with van der Waals surface area (Å²) in [7, 11) is 1.88. The van der Waals surface area contributed by atoms with Gasteiger partial charge in [-0.1, -0.05) is 18.2 Å². The van der Waals surface area contributed by atoms with Crippen molar-refractivity contribution >= 4 is 16.9 Å². The predicted octanol–water partition coefficient (Wildman–Crippen LogP) is 2.94. The molecule has 3 aromatic rings. The number of benzene rings is 1. The predicted molar refractivity (Wildman–Crippen MR) is 73.1 cm³/mol. The van der Waals surface area contributed by atoms with E-state index in [1.54, 1.807) is 12.4 Å². The Morgan fingerprint density at radius 1 is 1.16 bits per heavy atom. The summed E-state index contributed by atoms with van der Waals surface area (Å²) in [5.74, 6) is -0.913. The minimum Gasteiger partial charge on any atom is -0.478 e. The molecule has 2 heterocycles. The Kier molecular flexibility index (Phi) is 2.56. The first-order valence-electron chi connectivity index (χ1n) is 5.91. The van der Waals surface area contributed by atoms with Crippen molar-refractivity contribution < 1.29 is 9.90 Å². The Hall–Kier alpha value is -2.62. The van der Waals surface area contributed by atoms with Gasteiger partial charge < -0.3 is 9.67 Å². The zero-order valence-electron chi connectivity index (χ0n) is 10.4. The molecular formula is C15H12N2O2. The van der Waals surface area contributed by atoms with Crippen LogP contribution in [0.2, 0.25) is 0 Å². The highest BCUT2D eigenvalue weighted by Gasteiger charge is 2.21. The molecule has 0 amide bonds. The number of aromatic nitrogens is 2. The van der Waals surface area contributed by atoms with Crippen molar-refractivity contribution in [2.24, 2.45) is 7.05 Å². The van der Waals surface area contributed by atoms with E-state index >= 15 is 0 Å². The standard InChI is InChI=1S/C15H12N2O2/c1-17-12-5-3-2-4-11(12)13(15(18)19)14(17)10-6-8-16-9-7-10/h2-9H,1H3,(H,18,19). The number of pyridine rings is 1. The van der Waals surface area contributed by atoms with Gasteiger partial charge in [0.15, 0.2) is 0 Å². The van der Waals surface area contributed by atoms with Crippen LogP contribution in [0.1, 0.15) is 10.4 Å². The quantitative estimate of drug-likeness (QED) is 0.763. The van der Waals surface area contributed by atoms with Gasteiger partial charge in [0.2, 0.25) is 0 Å². The summed E-state index contributed by atoms with van der Waals surface area (Å²) in [5.41, 5.74) is 2.80. The van der Waals surface area contributed by atoms with Crippen LogP contribution in [0.3, 0.4) is 0 Å². The number of rotatable bonds is 2. The lowest BCUT2D eigenvalue weighted by molar-refractivity contribution is 0.0699. The van der Waals surface area contributed by atoms with Gasteiger partial charge in [-0.05, 0) is 18.2 Å². The van der Waals surface area contributed by atoms with Crippen molar-refractivity contribution in [1.82, 2.24) is 9.55 Å². The molecule has 0 aliphatic heterocycles. The van der Waals surface area contributed by atoms with Gasteiger partial charge in [-0.2, -0.15) is 0 Å². The van der Waals surface area contributed by atoms with Crippen molar-refractivity contribution in [3.05, 3.63) is 54.4 Å². The average molecular weight is 252 g/mol. The van der Waals surface area contributed by atoms with Crippen LogP contribution in [0.4, 0.5) is 0 Å². The largest absolute Gasteiger partial charge is 0.478 e. The Bertz CT molecular complexity index is 760. The molecule has 2 aromatic heterocycles. The summed E-state index contributed by atoms with van der Waals surface area (Å²) in [4.78, 5) is 15.6. The first-order valence-corrected chi connectivity index (χ1v) is 5.91. The van der Waals surface area contributed by atoms with Crippen molar-refractivity contribution in [3.63, 3.8) is 0 Å². The molecule has 0 radical (unpaired) electrons. The Labute approximate surface area is 109 Å². The first-order chi connectivity index (χ1) is 9.20. The summed E-state index contributed by atoms with van der Waals surface area (Å²) >= 11 is 0. The second-order valence-electron chi connectivity index (χ2n) is 4.34. The number of carbonyl (C=O) groups is 1. The van der Waals surface area contributed by atoms with Gasteiger partial charge >= 0.3 is 5.97 Å². The van der Waals surface area contributed by atoms with Gasteiger partial charge in [0.25, 0.3) is 0 Å².